The first-order valence-corrected chi connectivity index (χ1v) is 9.57. The van der Waals surface area contributed by atoms with Crippen LogP contribution in [-0.4, -0.2) is 16.6 Å². The highest BCUT2D eigenvalue weighted by Crippen LogP contribution is 2.28. The van der Waals surface area contributed by atoms with Crippen LogP contribution in [0.1, 0.15) is 39.0 Å². The van der Waals surface area contributed by atoms with Gasteiger partial charge in [0.15, 0.2) is 0 Å². The van der Waals surface area contributed by atoms with E-state index in [-0.39, 0.29) is 5.41 Å². The van der Waals surface area contributed by atoms with Gasteiger partial charge in [0.25, 0.3) is 0 Å². The van der Waals surface area contributed by atoms with E-state index < -0.39 is 0 Å². The number of rotatable bonds is 6. The third-order valence-corrected chi connectivity index (χ3v) is 4.31. The van der Waals surface area contributed by atoms with Gasteiger partial charge in [-0.25, -0.2) is 4.98 Å². The first-order chi connectivity index (χ1) is 13.3. The van der Waals surface area contributed by atoms with Crippen molar-refractivity contribution in [1.29, 1.82) is 0 Å². The standard InChI is InChI=1S/C23H28N4O/c1-6-28-20-10-8-7-9-19(20)26-22-24-16(2)15-21(27-22)25-18-13-11-17(12-14-18)23(3,4)5/h7-15H,6H2,1-5H3,(H2,24,25,26,27). The molecule has 146 valence electrons. The Kier molecular flexibility index (Phi) is 5.83. The number of hydrogen-bond acceptors (Lipinski definition) is 5. The van der Waals surface area contributed by atoms with Crippen LogP contribution in [0.15, 0.2) is 54.6 Å². The molecular formula is C23H28N4O. The summed E-state index contributed by atoms with van der Waals surface area (Å²) < 4.78 is 5.67. The molecule has 0 saturated heterocycles. The van der Waals surface area contributed by atoms with Crippen LogP contribution in [0.3, 0.4) is 0 Å². The van der Waals surface area contributed by atoms with E-state index in [4.69, 9.17) is 4.74 Å². The summed E-state index contributed by atoms with van der Waals surface area (Å²) in [6, 6.07) is 18.2. The Hall–Kier alpha value is -3.08. The van der Waals surface area contributed by atoms with Crippen molar-refractivity contribution in [3.8, 4) is 5.75 Å². The highest BCUT2D eigenvalue weighted by molar-refractivity contribution is 5.64. The summed E-state index contributed by atoms with van der Waals surface area (Å²) in [7, 11) is 0. The van der Waals surface area contributed by atoms with Gasteiger partial charge < -0.3 is 15.4 Å². The summed E-state index contributed by atoms with van der Waals surface area (Å²) in [6.07, 6.45) is 0. The van der Waals surface area contributed by atoms with Gasteiger partial charge in [0.1, 0.15) is 11.6 Å². The minimum absolute atomic E-state index is 0.134. The number of anilines is 4. The van der Waals surface area contributed by atoms with Crippen molar-refractivity contribution < 1.29 is 4.74 Å². The number of para-hydroxylation sites is 2. The van der Waals surface area contributed by atoms with Gasteiger partial charge in [-0.1, -0.05) is 45.0 Å². The molecule has 0 aliphatic rings. The number of benzene rings is 2. The molecule has 0 spiro atoms. The van der Waals surface area contributed by atoms with Gasteiger partial charge in [0, 0.05) is 17.4 Å². The van der Waals surface area contributed by atoms with Crippen LogP contribution in [0, 0.1) is 6.92 Å². The highest BCUT2D eigenvalue weighted by Gasteiger charge is 2.13. The Morgan fingerprint density at radius 1 is 0.929 bits per heavy atom. The molecule has 5 heteroatoms. The molecule has 1 aromatic heterocycles. The molecule has 0 amide bonds. The molecule has 0 aliphatic heterocycles. The molecule has 3 rings (SSSR count). The normalized spacial score (nSPS) is 11.2. The van der Waals surface area contributed by atoms with Gasteiger partial charge in [-0.05, 0) is 49.1 Å². The van der Waals surface area contributed by atoms with Crippen LogP contribution in [0.25, 0.3) is 0 Å². The van der Waals surface area contributed by atoms with Crippen LogP contribution < -0.4 is 15.4 Å². The second kappa shape index (κ2) is 8.30. The van der Waals surface area contributed by atoms with E-state index >= 15 is 0 Å². The SMILES string of the molecule is CCOc1ccccc1Nc1nc(C)cc(Nc2ccc(C(C)(C)C)cc2)n1. The maximum Gasteiger partial charge on any atom is 0.229 e. The number of nitrogens with one attached hydrogen (secondary N) is 2. The van der Waals surface area contributed by atoms with Crippen LogP contribution in [0.5, 0.6) is 5.75 Å². The molecule has 0 bridgehead atoms. The summed E-state index contributed by atoms with van der Waals surface area (Å²) in [5.41, 5.74) is 4.14. The van der Waals surface area contributed by atoms with Crippen molar-refractivity contribution in [2.75, 3.05) is 17.2 Å². The molecule has 0 unspecified atom stereocenters. The lowest BCUT2D eigenvalue weighted by Gasteiger charge is -2.19. The molecule has 0 saturated carbocycles. The Labute approximate surface area is 167 Å². The predicted molar refractivity (Wildman–Crippen MR) is 116 cm³/mol. The molecule has 0 radical (unpaired) electrons. The molecule has 0 aliphatic carbocycles. The van der Waals surface area contributed by atoms with Gasteiger partial charge in [0.2, 0.25) is 5.95 Å². The molecule has 3 aromatic rings. The maximum atomic E-state index is 5.67. The van der Waals surface area contributed by atoms with Gasteiger partial charge >= 0.3 is 0 Å². The zero-order valence-electron chi connectivity index (χ0n) is 17.2. The monoisotopic (exact) mass is 376 g/mol. The van der Waals surface area contributed by atoms with E-state index in [0.717, 1.165) is 28.6 Å². The van der Waals surface area contributed by atoms with E-state index in [1.54, 1.807) is 0 Å². The second-order valence-electron chi connectivity index (χ2n) is 7.72. The predicted octanol–water partition coefficient (Wildman–Crippen LogP) is 5.97. The second-order valence-corrected chi connectivity index (χ2v) is 7.72. The van der Waals surface area contributed by atoms with Crippen molar-refractivity contribution in [3.63, 3.8) is 0 Å². The summed E-state index contributed by atoms with van der Waals surface area (Å²) in [5, 5.41) is 6.63. The lowest BCUT2D eigenvalue weighted by Crippen LogP contribution is -2.10. The molecular weight excluding hydrogens is 348 g/mol. The zero-order chi connectivity index (χ0) is 20.1. The van der Waals surface area contributed by atoms with Crippen LogP contribution in [-0.2, 0) is 5.41 Å². The summed E-state index contributed by atoms with van der Waals surface area (Å²) in [6.45, 7) is 11.1. The zero-order valence-corrected chi connectivity index (χ0v) is 17.2. The quantitative estimate of drug-likeness (QED) is 0.555. The first-order valence-electron chi connectivity index (χ1n) is 9.57. The lowest BCUT2D eigenvalue weighted by molar-refractivity contribution is 0.342. The van der Waals surface area contributed by atoms with Gasteiger partial charge in [-0.3, -0.25) is 0 Å². The molecule has 2 aromatic carbocycles. The highest BCUT2D eigenvalue weighted by atomic mass is 16.5. The third kappa shape index (κ3) is 5.00. The lowest BCUT2D eigenvalue weighted by atomic mass is 9.87. The van der Waals surface area contributed by atoms with Crippen molar-refractivity contribution >= 4 is 23.1 Å². The number of nitrogens with zero attached hydrogens (tertiary/aromatic N) is 2. The summed E-state index contributed by atoms with van der Waals surface area (Å²) >= 11 is 0. The molecule has 28 heavy (non-hydrogen) atoms. The number of hydrogen-bond donors (Lipinski definition) is 2. The van der Waals surface area contributed by atoms with E-state index in [0.29, 0.717) is 12.6 Å². The smallest absolute Gasteiger partial charge is 0.229 e. The third-order valence-electron chi connectivity index (χ3n) is 4.31. The molecule has 2 N–H and O–H groups in total. The fourth-order valence-electron chi connectivity index (χ4n) is 2.86. The van der Waals surface area contributed by atoms with Crippen LogP contribution >= 0.6 is 0 Å². The Morgan fingerprint density at radius 2 is 1.64 bits per heavy atom. The van der Waals surface area contributed by atoms with Gasteiger partial charge in [0.05, 0.1) is 12.3 Å². The van der Waals surface area contributed by atoms with Crippen LogP contribution in [0.4, 0.5) is 23.1 Å². The summed E-state index contributed by atoms with van der Waals surface area (Å²) in [5.74, 6) is 2.05. The largest absolute Gasteiger partial charge is 0.492 e. The Bertz CT molecular complexity index is 930. The average Bonchev–Trinajstić information content (AvgIpc) is 2.63. The van der Waals surface area contributed by atoms with Crippen molar-refractivity contribution in [3.05, 3.63) is 65.9 Å². The van der Waals surface area contributed by atoms with E-state index in [1.165, 1.54) is 5.56 Å². The maximum absolute atomic E-state index is 5.67. The average molecular weight is 377 g/mol. The summed E-state index contributed by atoms with van der Waals surface area (Å²) in [4.78, 5) is 9.11. The first kappa shape index (κ1) is 19.7. The van der Waals surface area contributed by atoms with Gasteiger partial charge in [-0.15, -0.1) is 0 Å². The Balaban J connectivity index is 1.80. The minimum atomic E-state index is 0.134. The van der Waals surface area contributed by atoms with Crippen molar-refractivity contribution in [2.24, 2.45) is 0 Å². The molecule has 1 heterocycles. The fraction of sp³-hybridized carbons (Fsp3) is 0.304. The van der Waals surface area contributed by atoms with Crippen molar-refractivity contribution in [2.45, 2.75) is 40.0 Å². The topological polar surface area (TPSA) is 59.1 Å². The number of aryl methyl sites for hydroxylation is 1. The number of aromatic nitrogens is 2. The van der Waals surface area contributed by atoms with E-state index in [9.17, 15) is 0 Å². The van der Waals surface area contributed by atoms with Crippen molar-refractivity contribution in [1.82, 2.24) is 9.97 Å². The minimum Gasteiger partial charge on any atom is -0.492 e. The van der Waals surface area contributed by atoms with E-state index in [2.05, 4.69) is 65.6 Å². The molecule has 5 nitrogen and oxygen atoms in total. The Morgan fingerprint density at radius 3 is 2.32 bits per heavy atom. The van der Waals surface area contributed by atoms with Crippen LogP contribution in [0.2, 0.25) is 0 Å². The van der Waals surface area contributed by atoms with E-state index in [1.807, 2.05) is 44.2 Å². The molecule has 0 fully saturated rings. The fourth-order valence-corrected chi connectivity index (χ4v) is 2.86. The molecule has 0 atom stereocenters. The number of ether oxygens (including phenoxy) is 1. The van der Waals surface area contributed by atoms with Gasteiger partial charge in [-0.2, -0.15) is 4.98 Å².